The fourth-order valence-electron chi connectivity index (χ4n) is 2.19. The number of ether oxygens (including phenoxy) is 1. The van der Waals surface area contributed by atoms with Gasteiger partial charge in [0.2, 0.25) is 0 Å². The Hall–Kier alpha value is -1.56. The summed E-state index contributed by atoms with van der Waals surface area (Å²) in [6.45, 7) is 5.82. The summed E-state index contributed by atoms with van der Waals surface area (Å²) in [5.74, 6) is -0.791. The number of rotatable bonds is 6. The van der Waals surface area contributed by atoms with Crippen molar-refractivity contribution in [2.75, 3.05) is 33.3 Å². The topological polar surface area (TPSA) is 70.1 Å². The Morgan fingerprint density at radius 2 is 2.32 bits per heavy atom. The number of piperidine rings is 1. The molecule has 1 aliphatic heterocycles. The van der Waals surface area contributed by atoms with E-state index in [-0.39, 0.29) is 25.2 Å². The Kier molecular flexibility index (Phi) is 6.35. The van der Waals surface area contributed by atoms with E-state index in [0.29, 0.717) is 13.1 Å². The summed E-state index contributed by atoms with van der Waals surface area (Å²) in [6.07, 6.45) is 3.19. The molecule has 0 aromatic carbocycles. The molecule has 1 unspecified atom stereocenters. The highest BCUT2D eigenvalue weighted by Crippen LogP contribution is 2.15. The summed E-state index contributed by atoms with van der Waals surface area (Å²) in [5, 5.41) is 8.68. The quantitative estimate of drug-likeness (QED) is 0.734. The number of nitrogens with zero attached hydrogens (tertiary/aromatic N) is 2. The second-order valence-electron chi connectivity index (χ2n) is 4.72. The van der Waals surface area contributed by atoms with Gasteiger partial charge in [0, 0.05) is 26.2 Å². The zero-order chi connectivity index (χ0) is 14.3. The summed E-state index contributed by atoms with van der Waals surface area (Å²) in [5.41, 5.74) is 0. The van der Waals surface area contributed by atoms with E-state index >= 15 is 0 Å². The van der Waals surface area contributed by atoms with Crippen molar-refractivity contribution in [3.63, 3.8) is 0 Å². The molecule has 1 heterocycles. The predicted molar refractivity (Wildman–Crippen MR) is 71.0 cm³/mol. The lowest BCUT2D eigenvalue weighted by Crippen LogP contribution is -2.49. The van der Waals surface area contributed by atoms with Crippen LogP contribution < -0.4 is 0 Å². The molecule has 0 spiro atoms. The van der Waals surface area contributed by atoms with Crippen LogP contribution in [0.25, 0.3) is 0 Å². The smallest absolute Gasteiger partial charge is 0.410 e. The van der Waals surface area contributed by atoms with Crippen molar-refractivity contribution < 1.29 is 19.4 Å². The lowest BCUT2D eigenvalue weighted by molar-refractivity contribution is -0.137. The van der Waals surface area contributed by atoms with Crippen LogP contribution in [0.3, 0.4) is 0 Å². The van der Waals surface area contributed by atoms with Crippen molar-refractivity contribution in [1.82, 2.24) is 9.80 Å². The molecular formula is C13H22N2O4. The first-order chi connectivity index (χ1) is 9.04. The highest BCUT2D eigenvalue weighted by molar-refractivity contribution is 5.68. The summed E-state index contributed by atoms with van der Waals surface area (Å²) in [7, 11) is 1.72. The molecule has 0 aromatic heterocycles. The van der Waals surface area contributed by atoms with Crippen molar-refractivity contribution in [3.05, 3.63) is 12.7 Å². The van der Waals surface area contributed by atoms with Gasteiger partial charge in [-0.05, 0) is 19.4 Å². The van der Waals surface area contributed by atoms with E-state index in [4.69, 9.17) is 9.84 Å². The molecule has 1 rings (SSSR count). The molecule has 1 amide bonds. The number of amides is 1. The SMILES string of the molecule is C=CCOC(=O)N(C)C1CCCN(CCC(=O)O)C1. The maximum absolute atomic E-state index is 11.7. The van der Waals surface area contributed by atoms with Gasteiger partial charge >= 0.3 is 12.1 Å². The highest BCUT2D eigenvalue weighted by Gasteiger charge is 2.26. The highest BCUT2D eigenvalue weighted by atomic mass is 16.6. The molecule has 0 aromatic rings. The minimum Gasteiger partial charge on any atom is -0.481 e. The molecule has 1 N–H and O–H groups in total. The first-order valence-electron chi connectivity index (χ1n) is 6.49. The van der Waals surface area contributed by atoms with Crippen molar-refractivity contribution in [1.29, 1.82) is 0 Å². The molecule has 0 aliphatic carbocycles. The monoisotopic (exact) mass is 270 g/mol. The van der Waals surface area contributed by atoms with Crippen molar-refractivity contribution in [2.24, 2.45) is 0 Å². The molecule has 1 fully saturated rings. The fourth-order valence-corrected chi connectivity index (χ4v) is 2.19. The van der Waals surface area contributed by atoms with Gasteiger partial charge in [0.25, 0.3) is 0 Å². The van der Waals surface area contributed by atoms with Crippen LogP contribution in [-0.2, 0) is 9.53 Å². The van der Waals surface area contributed by atoms with Gasteiger partial charge in [0.05, 0.1) is 6.42 Å². The molecule has 19 heavy (non-hydrogen) atoms. The third-order valence-electron chi connectivity index (χ3n) is 3.28. The van der Waals surface area contributed by atoms with Crippen LogP contribution in [0.1, 0.15) is 19.3 Å². The van der Waals surface area contributed by atoms with E-state index < -0.39 is 5.97 Å². The lowest BCUT2D eigenvalue weighted by atomic mass is 10.0. The van der Waals surface area contributed by atoms with Crippen LogP contribution in [0.5, 0.6) is 0 Å². The van der Waals surface area contributed by atoms with Gasteiger partial charge in [0.15, 0.2) is 0 Å². The molecule has 0 saturated carbocycles. The molecule has 6 heteroatoms. The first-order valence-corrected chi connectivity index (χ1v) is 6.49. The number of carboxylic acids is 1. The summed E-state index contributed by atoms with van der Waals surface area (Å²) in [4.78, 5) is 26.0. The van der Waals surface area contributed by atoms with Crippen molar-refractivity contribution in [3.8, 4) is 0 Å². The lowest BCUT2D eigenvalue weighted by Gasteiger charge is -2.36. The average Bonchev–Trinajstić information content (AvgIpc) is 2.42. The minimum atomic E-state index is -0.791. The third kappa shape index (κ3) is 5.30. The number of likely N-dealkylation sites (tertiary alicyclic amines) is 1. The Bertz CT molecular complexity index is 333. The zero-order valence-corrected chi connectivity index (χ0v) is 11.4. The molecular weight excluding hydrogens is 248 g/mol. The molecule has 0 radical (unpaired) electrons. The molecule has 1 saturated heterocycles. The average molecular weight is 270 g/mol. The Morgan fingerprint density at radius 3 is 2.95 bits per heavy atom. The number of hydrogen-bond acceptors (Lipinski definition) is 4. The van der Waals surface area contributed by atoms with E-state index in [9.17, 15) is 9.59 Å². The first kappa shape index (κ1) is 15.5. The normalized spacial score (nSPS) is 19.7. The number of carbonyl (C=O) groups excluding carboxylic acids is 1. The van der Waals surface area contributed by atoms with Gasteiger partial charge in [-0.15, -0.1) is 0 Å². The van der Waals surface area contributed by atoms with Crippen LogP contribution in [-0.4, -0.2) is 66.3 Å². The van der Waals surface area contributed by atoms with E-state index in [1.165, 1.54) is 6.08 Å². The Labute approximate surface area is 113 Å². The molecule has 1 atom stereocenters. The summed E-state index contributed by atoms with van der Waals surface area (Å²) >= 11 is 0. The van der Waals surface area contributed by atoms with Gasteiger partial charge in [-0.3, -0.25) is 4.79 Å². The largest absolute Gasteiger partial charge is 0.481 e. The number of carbonyl (C=O) groups is 2. The molecule has 6 nitrogen and oxygen atoms in total. The Morgan fingerprint density at radius 1 is 1.58 bits per heavy atom. The van der Waals surface area contributed by atoms with E-state index in [0.717, 1.165) is 19.4 Å². The van der Waals surface area contributed by atoms with Gasteiger partial charge in [-0.1, -0.05) is 12.7 Å². The standard InChI is InChI=1S/C13H22N2O4/c1-3-9-19-13(18)14(2)11-5-4-7-15(10-11)8-6-12(16)17/h3,11H,1,4-10H2,2H3,(H,16,17). The zero-order valence-electron chi connectivity index (χ0n) is 11.4. The van der Waals surface area contributed by atoms with Gasteiger partial charge in [-0.25, -0.2) is 4.79 Å². The number of hydrogen-bond donors (Lipinski definition) is 1. The summed E-state index contributed by atoms with van der Waals surface area (Å²) < 4.78 is 5.00. The van der Waals surface area contributed by atoms with Crippen molar-refractivity contribution >= 4 is 12.1 Å². The van der Waals surface area contributed by atoms with Gasteiger partial charge in [0.1, 0.15) is 6.61 Å². The maximum atomic E-state index is 11.7. The third-order valence-corrected chi connectivity index (χ3v) is 3.28. The molecule has 1 aliphatic rings. The predicted octanol–water partition coefficient (Wildman–Crippen LogP) is 1.18. The Balaban J connectivity index is 2.42. The maximum Gasteiger partial charge on any atom is 0.410 e. The van der Waals surface area contributed by atoms with Crippen LogP contribution in [0.4, 0.5) is 4.79 Å². The molecule has 0 bridgehead atoms. The number of likely N-dealkylation sites (N-methyl/N-ethyl adjacent to an activating group) is 1. The summed E-state index contributed by atoms with van der Waals surface area (Å²) in [6, 6.07) is 0.0832. The van der Waals surface area contributed by atoms with E-state index in [1.807, 2.05) is 0 Å². The van der Waals surface area contributed by atoms with E-state index in [1.54, 1.807) is 11.9 Å². The van der Waals surface area contributed by atoms with Crippen LogP contribution in [0.15, 0.2) is 12.7 Å². The number of carboxylic acid groups (broad SMARTS) is 1. The van der Waals surface area contributed by atoms with Crippen LogP contribution in [0, 0.1) is 0 Å². The molecule has 108 valence electrons. The number of aliphatic carboxylic acids is 1. The van der Waals surface area contributed by atoms with Gasteiger partial charge in [-0.2, -0.15) is 0 Å². The van der Waals surface area contributed by atoms with Crippen molar-refractivity contribution in [2.45, 2.75) is 25.3 Å². The van der Waals surface area contributed by atoms with E-state index in [2.05, 4.69) is 11.5 Å². The second-order valence-corrected chi connectivity index (χ2v) is 4.72. The van der Waals surface area contributed by atoms with Crippen LogP contribution >= 0.6 is 0 Å². The van der Waals surface area contributed by atoms with Crippen LogP contribution in [0.2, 0.25) is 0 Å². The second kappa shape index (κ2) is 7.78. The minimum absolute atomic E-state index is 0.0832. The van der Waals surface area contributed by atoms with Gasteiger partial charge < -0.3 is 19.6 Å². The fraction of sp³-hybridized carbons (Fsp3) is 0.692.